The Morgan fingerprint density at radius 1 is 0.979 bits per heavy atom. The van der Waals surface area contributed by atoms with Gasteiger partial charge < -0.3 is 20.1 Å². The fourth-order valence-electron chi connectivity index (χ4n) is 7.23. The van der Waals surface area contributed by atoms with Crippen molar-refractivity contribution in [2.45, 2.75) is 63.8 Å². The molecule has 3 heterocycles. The number of likely N-dealkylation sites (tertiary alicyclic amines) is 1. The highest BCUT2D eigenvalue weighted by atomic mass is 35.5. The van der Waals surface area contributed by atoms with Crippen LogP contribution in [-0.2, 0) is 25.5 Å². The number of aliphatic carboxylic acids is 1. The maximum absolute atomic E-state index is 16.0. The molecule has 2 aromatic carbocycles. The normalized spacial score (nSPS) is 22.0. The molecule has 1 aromatic heterocycles. The first-order chi connectivity index (χ1) is 23.1. The summed E-state index contributed by atoms with van der Waals surface area (Å²) in [5.41, 5.74) is 0.637. The van der Waals surface area contributed by atoms with Crippen molar-refractivity contribution < 1.29 is 33.4 Å². The first-order valence-corrected chi connectivity index (χ1v) is 17.8. The van der Waals surface area contributed by atoms with Crippen LogP contribution in [-0.4, -0.2) is 94.6 Å². The molecular formula is C35H40ClFN4O6S. The van der Waals surface area contributed by atoms with Crippen LogP contribution in [0.2, 0.25) is 5.02 Å². The molecule has 3 aromatic rings. The number of amides is 2. The Balaban J connectivity index is 1.27. The second kappa shape index (κ2) is 14.6. The van der Waals surface area contributed by atoms with E-state index >= 15 is 4.39 Å². The summed E-state index contributed by atoms with van der Waals surface area (Å²) in [5.74, 6) is -4.40. The van der Waals surface area contributed by atoms with E-state index in [0.29, 0.717) is 70.5 Å². The molecule has 0 spiro atoms. The summed E-state index contributed by atoms with van der Waals surface area (Å²) in [5, 5.41) is 14.5. The molecule has 2 N–H and O–H groups in total. The number of ether oxygens (including phenoxy) is 1. The molecule has 0 radical (unpaired) electrons. The van der Waals surface area contributed by atoms with Gasteiger partial charge in [0.05, 0.1) is 23.3 Å². The number of ketones is 1. The summed E-state index contributed by atoms with van der Waals surface area (Å²) in [6.45, 7) is 4.34. The Morgan fingerprint density at radius 3 is 2.31 bits per heavy atom. The van der Waals surface area contributed by atoms with Gasteiger partial charge in [0.15, 0.2) is 5.78 Å². The highest BCUT2D eigenvalue weighted by Gasteiger charge is 2.53. The van der Waals surface area contributed by atoms with Crippen molar-refractivity contribution in [3.8, 4) is 0 Å². The summed E-state index contributed by atoms with van der Waals surface area (Å²) in [6.07, 6.45) is 2.92. The number of carbonyl (C=O) groups is 4. The zero-order valence-electron chi connectivity index (χ0n) is 26.9. The maximum atomic E-state index is 16.0. The fourth-order valence-corrected chi connectivity index (χ4v) is 8.40. The summed E-state index contributed by atoms with van der Waals surface area (Å²) in [6, 6.07) is 10.5. The molecule has 48 heavy (non-hydrogen) atoms. The van der Waals surface area contributed by atoms with Gasteiger partial charge in [-0.15, -0.1) is 11.3 Å². The Morgan fingerprint density at radius 2 is 1.65 bits per heavy atom. The van der Waals surface area contributed by atoms with E-state index in [-0.39, 0.29) is 40.5 Å². The van der Waals surface area contributed by atoms with E-state index in [0.717, 1.165) is 22.9 Å². The Kier molecular flexibility index (Phi) is 10.5. The van der Waals surface area contributed by atoms with Gasteiger partial charge in [0.2, 0.25) is 11.8 Å². The third kappa shape index (κ3) is 6.86. The number of rotatable bonds is 10. The number of nitrogens with one attached hydrogen (secondary N) is 1. The lowest BCUT2D eigenvalue weighted by molar-refractivity contribution is -0.260. The fraction of sp³-hybridized carbons (Fsp3) is 0.486. The molecule has 1 aliphatic carbocycles. The van der Waals surface area contributed by atoms with Crippen LogP contribution in [0.4, 0.5) is 10.1 Å². The lowest BCUT2D eigenvalue weighted by atomic mass is 9.87. The average Bonchev–Trinajstić information content (AvgIpc) is 3.78. The number of hydrogen-bond donors (Lipinski definition) is 2. The van der Waals surface area contributed by atoms with Crippen LogP contribution in [0.15, 0.2) is 41.8 Å². The molecule has 2 saturated heterocycles. The highest BCUT2D eigenvalue weighted by Crippen LogP contribution is 2.37. The number of nitrogens with zero attached hydrogens (tertiary/aromatic N) is 3. The Hall–Kier alpha value is -3.42. The molecule has 13 heteroatoms. The van der Waals surface area contributed by atoms with E-state index in [9.17, 15) is 24.3 Å². The van der Waals surface area contributed by atoms with E-state index in [1.54, 1.807) is 10.3 Å². The van der Waals surface area contributed by atoms with Gasteiger partial charge in [-0.25, -0.2) is 4.39 Å². The number of piperazine rings is 1. The van der Waals surface area contributed by atoms with E-state index in [4.69, 9.17) is 16.3 Å². The van der Waals surface area contributed by atoms with E-state index in [2.05, 4.69) is 5.32 Å². The monoisotopic (exact) mass is 698 g/mol. The predicted molar refractivity (Wildman–Crippen MR) is 182 cm³/mol. The number of carboxylic acid groups (broad SMARTS) is 1. The van der Waals surface area contributed by atoms with E-state index in [1.807, 2.05) is 34.1 Å². The van der Waals surface area contributed by atoms with Gasteiger partial charge in [-0.05, 0) is 56.2 Å². The minimum atomic E-state index is -1.52. The van der Waals surface area contributed by atoms with Crippen molar-refractivity contribution in [3.63, 3.8) is 0 Å². The summed E-state index contributed by atoms with van der Waals surface area (Å²) < 4.78 is 23.8. The standard InChI is InChI=1S/C35H40ClFN4O6S/c1-22(42)39-16-18-41(19-17-39)35(40-14-4-5-15-40,47-25-11-8-23(9-12-25)34(45)46)30(43)20-24-10-13-28(31(36)32(24)37)38-33(44)27-21-48-29-7-3-2-6-26(27)29/h2-3,6-7,10,13,21,23,25H,4-5,8-9,11-12,14-20H2,1H3,(H,38,44)(H,45,46)/t23-,25-,35?. The minimum absolute atomic E-state index is 0.0447. The van der Waals surface area contributed by atoms with Gasteiger partial charge in [0.25, 0.3) is 5.91 Å². The number of carbonyl (C=O) groups excluding carboxylic acids is 3. The minimum Gasteiger partial charge on any atom is -0.481 e. The van der Waals surface area contributed by atoms with Gasteiger partial charge in [-0.2, -0.15) is 0 Å². The molecule has 2 aliphatic heterocycles. The van der Waals surface area contributed by atoms with Crippen LogP contribution in [0.1, 0.15) is 61.4 Å². The maximum Gasteiger partial charge on any atom is 0.306 e. The first kappa shape index (κ1) is 34.4. The van der Waals surface area contributed by atoms with E-state index in [1.165, 1.54) is 30.4 Å². The molecule has 256 valence electrons. The largest absolute Gasteiger partial charge is 0.481 e. The summed E-state index contributed by atoms with van der Waals surface area (Å²) >= 11 is 7.94. The predicted octanol–water partition coefficient (Wildman–Crippen LogP) is 5.63. The van der Waals surface area contributed by atoms with Gasteiger partial charge in [0.1, 0.15) is 10.8 Å². The van der Waals surface area contributed by atoms with Crippen molar-refractivity contribution in [2.75, 3.05) is 44.6 Å². The van der Waals surface area contributed by atoms with Crippen molar-refractivity contribution >= 4 is 62.3 Å². The first-order valence-electron chi connectivity index (χ1n) is 16.5. The number of fused-ring (bicyclic) bond motifs is 1. The molecule has 1 saturated carbocycles. The molecule has 10 nitrogen and oxygen atoms in total. The van der Waals surface area contributed by atoms with Gasteiger partial charge in [-0.3, -0.25) is 29.0 Å². The van der Waals surface area contributed by atoms with Crippen molar-refractivity contribution in [2.24, 2.45) is 5.92 Å². The van der Waals surface area contributed by atoms with Gasteiger partial charge in [0, 0.05) is 68.1 Å². The molecule has 2 amide bonds. The topological polar surface area (TPSA) is 119 Å². The number of anilines is 1. The Bertz CT molecular complexity index is 1700. The summed E-state index contributed by atoms with van der Waals surface area (Å²) in [4.78, 5) is 57.4. The van der Waals surface area contributed by atoms with Crippen molar-refractivity contribution in [1.29, 1.82) is 0 Å². The molecule has 3 aliphatic rings. The number of benzene rings is 2. The summed E-state index contributed by atoms with van der Waals surface area (Å²) in [7, 11) is 0. The molecule has 6 rings (SSSR count). The van der Waals surface area contributed by atoms with Gasteiger partial charge >= 0.3 is 5.97 Å². The molecule has 1 unspecified atom stereocenters. The molecule has 0 bridgehead atoms. The molecular weight excluding hydrogens is 659 g/mol. The van der Waals surface area contributed by atoms with Gasteiger partial charge in [-0.1, -0.05) is 35.9 Å². The quantitative estimate of drug-likeness (QED) is 0.280. The van der Waals surface area contributed by atoms with Crippen LogP contribution >= 0.6 is 22.9 Å². The molecule has 3 fully saturated rings. The third-order valence-electron chi connectivity index (χ3n) is 9.89. The number of carboxylic acids is 1. The zero-order chi connectivity index (χ0) is 34.0. The highest BCUT2D eigenvalue weighted by molar-refractivity contribution is 7.17. The van der Waals surface area contributed by atoms with Crippen molar-refractivity contribution in [1.82, 2.24) is 14.7 Å². The lowest BCUT2D eigenvalue weighted by Gasteiger charge is -2.52. The SMILES string of the molecule is CC(=O)N1CCN(C(O[C@H]2CC[C@H](C(=O)O)CC2)(C(=O)Cc2ccc(NC(=O)c3csc4ccccc34)c(Cl)c2F)N2CCCC2)CC1. The van der Waals surface area contributed by atoms with Crippen LogP contribution in [0.25, 0.3) is 10.1 Å². The van der Waals surface area contributed by atoms with Crippen LogP contribution in [0, 0.1) is 11.7 Å². The van der Waals surface area contributed by atoms with Crippen LogP contribution in [0.3, 0.4) is 0 Å². The number of hydrogen-bond acceptors (Lipinski definition) is 8. The van der Waals surface area contributed by atoms with Crippen molar-refractivity contribution in [3.05, 3.63) is 63.7 Å². The average molecular weight is 699 g/mol. The van der Waals surface area contributed by atoms with Crippen LogP contribution < -0.4 is 5.32 Å². The lowest BCUT2D eigenvalue weighted by Crippen LogP contribution is -2.71. The number of thiophene rings is 1. The Labute approximate surface area is 287 Å². The second-order valence-electron chi connectivity index (χ2n) is 12.8. The number of Topliss-reactive ketones (excluding diaryl/α,β-unsaturated/α-hetero) is 1. The molecule has 1 atom stereocenters. The van der Waals surface area contributed by atoms with Crippen LogP contribution in [0.5, 0.6) is 0 Å². The van der Waals surface area contributed by atoms with E-state index < -0.39 is 29.5 Å². The zero-order valence-corrected chi connectivity index (χ0v) is 28.5. The second-order valence-corrected chi connectivity index (χ2v) is 14.1. The smallest absolute Gasteiger partial charge is 0.306 e. The number of halogens is 2. The third-order valence-corrected chi connectivity index (χ3v) is 11.2.